The van der Waals surface area contributed by atoms with Gasteiger partial charge in [0.2, 0.25) is 0 Å². The molecular weight excluding hydrogens is 482 g/mol. The van der Waals surface area contributed by atoms with Gasteiger partial charge in [-0.15, -0.1) is 0 Å². The Morgan fingerprint density at radius 2 is 2.04 bits per heavy atom. The third-order valence-electron chi connectivity index (χ3n) is 3.02. The second-order valence-electron chi connectivity index (χ2n) is 4.59. The predicted octanol–water partition coefficient (Wildman–Crippen LogP) is 5.23. The van der Waals surface area contributed by atoms with Crippen molar-refractivity contribution in [1.82, 2.24) is 0 Å². The number of hydrogen-bond donors (Lipinski definition) is 0. The quantitative estimate of drug-likeness (QED) is 0.332. The van der Waals surface area contributed by atoms with Crippen LogP contribution in [0.2, 0.25) is 0 Å². The normalized spacial score (nSPS) is 10.3. The number of hydrogen-bond acceptors (Lipinski definition) is 4. The Balaban J connectivity index is 2.23. The molecule has 122 valence electrons. The minimum atomic E-state index is -0.809. The van der Waals surface area contributed by atoms with E-state index in [0.717, 1.165) is 3.57 Å². The fourth-order valence-electron chi connectivity index (χ4n) is 1.79. The monoisotopic (exact) mass is 494 g/mol. The van der Waals surface area contributed by atoms with Gasteiger partial charge in [0, 0.05) is 15.2 Å². The van der Waals surface area contributed by atoms with Gasteiger partial charge in [0.1, 0.15) is 23.9 Å². The number of methoxy groups -OCH3 is 1. The van der Waals surface area contributed by atoms with E-state index in [9.17, 15) is 9.18 Å². The SMILES string of the molecule is COC(=O)Oc1cccc(I)c1COc1cc(F)c(C)cc1Br. The molecule has 0 N–H and O–H groups in total. The average molecular weight is 495 g/mol. The molecule has 4 nitrogen and oxygen atoms in total. The van der Waals surface area contributed by atoms with Crippen molar-refractivity contribution in [2.75, 3.05) is 7.11 Å². The molecule has 0 amide bonds. The topological polar surface area (TPSA) is 44.8 Å². The summed E-state index contributed by atoms with van der Waals surface area (Å²) < 4.78 is 30.5. The first-order chi connectivity index (χ1) is 10.9. The largest absolute Gasteiger partial charge is 0.513 e. The van der Waals surface area contributed by atoms with Crippen molar-refractivity contribution in [2.45, 2.75) is 13.5 Å². The van der Waals surface area contributed by atoms with Gasteiger partial charge in [-0.05, 0) is 69.2 Å². The van der Waals surface area contributed by atoms with Crippen LogP contribution in [0.5, 0.6) is 11.5 Å². The molecule has 0 aliphatic carbocycles. The summed E-state index contributed by atoms with van der Waals surface area (Å²) in [6, 6.07) is 8.21. The molecular formula is C16H13BrFIO4. The lowest BCUT2D eigenvalue weighted by Gasteiger charge is -2.14. The van der Waals surface area contributed by atoms with Gasteiger partial charge in [-0.1, -0.05) is 6.07 Å². The van der Waals surface area contributed by atoms with Gasteiger partial charge < -0.3 is 14.2 Å². The number of carbonyl (C=O) groups excluding carboxylic acids is 1. The first-order valence-corrected chi connectivity index (χ1v) is 8.41. The van der Waals surface area contributed by atoms with Crippen LogP contribution >= 0.6 is 38.5 Å². The molecule has 0 atom stereocenters. The Morgan fingerprint density at radius 1 is 1.30 bits per heavy atom. The van der Waals surface area contributed by atoms with Gasteiger partial charge in [0.05, 0.1) is 11.6 Å². The summed E-state index contributed by atoms with van der Waals surface area (Å²) in [5.74, 6) is 0.362. The van der Waals surface area contributed by atoms with Crippen LogP contribution in [0.25, 0.3) is 0 Å². The van der Waals surface area contributed by atoms with Crippen molar-refractivity contribution < 1.29 is 23.4 Å². The van der Waals surface area contributed by atoms with Crippen molar-refractivity contribution in [3.8, 4) is 11.5 Å². The zero-order chi connectivity index (χ0) is 17.0. The van der Waals surface area contributed by atoms with E-state index in [1.807, 2.05) is 6.07 Å². The standard InChI is InChI=1S/C16H13BrFIO4/c1-9-6-11(17)15(7-12(9)18)22-8-10-13(19)4-3-5-14(10)23-16(20)21-2/h3-7H,8H2,1-2H3. The van der Waals surface area contributed by atoms with Gasteiger partial charge in [-0.2, -0.15) is 0 Å². The van der Waals surface area contributed by atoms with Crippen LogP contribution in [0.15, 0.2) is 34.8 Å². The van der Waals surface area contributed by atoms with E-state index in [-0.39, 0.29) is 12.4 Å². The highest BCUT2D eigenvalue weighted by Crippen LogP contribution is 2.31. The second-order valence-corrected chi connectivity index (χ2v) is 6.61. The predicted molar refractivity (Wildman–Crippen MR) is 95.4 cm³/mol. The lowest BCUT2D eigenvalue weighted by atomic mass is 10.2. The Labute approximate surface area is 155 Å². The Hall–Kier alpha value is -1.35. The molecule has 0 unspecified atom stereocenters. The molecule has 2 aromatic rings. The zero-order valence-electron chi connectivity index (χ0n) is 12.4. The van der Waals surface area contributed by atoms with Crippen molar-refractivity contribution in [3.63, 3.8) is 0 Å². The van der Waals surface area contributed by atoms with E-state index < -0.39 is 6.16 Å². The summed E-state index contributed by atoms with van der Waals surface area (Å²) in [5.41, 5.74) is 1.19. The number of ether oxygens (including phenoxy) is 3. The fourth-order valence-corrected chi connectivity index (χ4v) is 3.00. The average Bonchev–Trinajstić information content (AvgIpc) is 2.51. The van der Waals surface area contributed by atoms with Crippen LogP contribution in [0.4, 0.5) is 9.18 Å². The summed E-state index contributed by atoms with van der Waals surface area (Å²) in [6.07, 6.45) is -0.809. The minimum Gasteiger partial charge on any atom is -0.487 e. The molecule has 23 heavy (non-hydrogen) atoms. The Morgan fingerprint density at radius 3 is 2.74 bits per heavy atom. The van der Waals surface area contributed by atoms with Crippen LogP contribution in [0.3, 0.4) is 0 Å². The molecule has 2 rings (SSSR count). The Bertz CT molecular complexity index is 736. The maximum Gasteiger partial charge on any atom is 0.513 e. The smallest absolute Gasteiger partial charge is 0.487 e. The second kappa shape index (κ2) is 7.96. The number of aryl methyl sites for hydroxylation is 1. The summed E-state index contributed by atoms with van der Waals surface area (Å²) in [5, 5.41) is 0. The highest BCUT2D eigenvalue weighted by Gasteiger charge is 2.14. The molecule has 0 heterocycles. The van der Waals surface area contributed by atoms with E-state index in [4.69, 9.17) is 9.47 Å². The number of halogens is 3. The van der Waals surface area contributed by atoms with Gasteiger partial charge >= 0.3 is 6.16 Å². The lowest BCUT2D eigenvalue weighted by Crippen LogP contribution is -2.10. The molecule has 0 aromatic heterocycles. The molecule has 0 radical (unpaired) electrons. The van der Waals surface area contributed by atoms with Gasteiger partial charge in [-0.3, -0.25) is 0 Å². The van der Waals surface area contributed by atoms with E-state index in [2.05, 4.69) is 43.3 Å². The summed E-state index contributed by atoms with van der Waals surface area (Å²) in [6.45, 7) is 1.79. The maximum absolute atomic E-state index is 13.7. The van der Waals surface area contributed by atoms with Crippen molar-refractivity contribution in [2.24, 2.45) is 0 Å². The number of rotatable bonds is 4. The lowest BCUT2D eigenvalue weighted by molar-refractivity contribution is 0.120. The number of benzene rings is 2. The van der Waals surface area contributed by atoms with Gasteiger partial charge in [-0.25, -0.2) is 9.18 Å². The molecule has 0 aliphatic heterocycles. The first-order valence-electron chi connectivity index (χ1n) is 6.54. The third-order valence-corrected chi connectivity index (χ3v) is 4.65. The van der Waals surface area contributed by atoms with E-state index in [1.165, 1.54) is 13.2 Å². The van der Waals surface area contributed by atoms with Crippen molar-refractivity contribution in [3.05, 3.63) is 55.3 Å². The van der Waals surface area contributed by atoms with Crippen molar-refractivity contribution in [1.29, 1.82) is 0 Å². The molecule has 2 aromatic carbocycles. The van der Waals surface area contributed by atoms with Crippen LogP contribution in [-0.4, -0.2) is 13.3 Å². The highest BCUT2D eigenvalue weighted by molar-refractivity contribution is 14.1. The fraction of sp³-hybridized carbons (Fsp3) is 0.188. The summed E-state index contributed by atoms with van der Waals surface area (Å²) in [7, 11) is 1.23. The maximum atomic E-state index is 13.7. The number of carbonyl (C=O) groups is 1. The van der Waals surface area contributed by atoms with Crippen LogP contribution < -0.4 is 9.47 Å². The third kappa shape index (κ3) is 4.57. The first kappa shape index (κ1) is 18.0. The molecule has 0 fully saturated rings. The van der Waals surface area contributed by atoms with E-state index in [0.29, 0.717) is 27.1 Å². The molecule has 0 saturated heterocycles. The molecule has 0 bridgehead atoms. The van der Waals surface area contributed by atoms with Crippen LogP contribution in [-0.2, 0) is 11.3 Å². The molecule has 0 saturated carbocycles. The molecule has 0 spiro atoms. The summed E-state index contributed by atoms with van der Waals surface area (Å²) in [4.78, 5) is 11.3. The van der Waals surface area contributed by atoms with Gasteiger partial charge in [0.15, 0.2) is 0 Å². The molecule has 0 aliphatic rings. The van der Waals surface area contributed by atoms with E-state index in [1.54, 1.807) is 25.1 Å². The van der Waals surface area contributed by atoms with Crippen LogP contribution in [0, 0.1) is 16.3 Å². The Kier molecular flexibility index (Phi) is 6.23. The molecule has 7 heteroatoms. The highest BCUT2D eigenvalue weighted by atomic mass is 127. The minimum absolute atomic E-state index is 0.118. The zero-order valence-corrected chi connectivity index (χ0v) is 16.1. The van der Waals surface area contributed by atoms with Gasteiger partial charge in [0.25, 0.3) is 0 Å². The summed E-state index contributed by atoms with van der Waals surface area (Å²) >= 11 is 5.45. The van der Waals surface area contributed by atoms with Crippen LogP contribution in [0.1, 0.15) is 11.1 Å². The van der Waals surface area contributed by atoms with Crippen molar-refractivity contribution >= 4 is 44.7 Å². The van der Waals surface area contributed by atoms with E-state index >= 15 is 0 Å².